The first-order valence-corrected chi connectivity index (χ1v) is 8.81. The van der Waals surface area contributed by atoms with Crippen LogP contribution in [0.3, 0.4) is 0 Å². The van der Waals surface area contributed by atoms with E-state index in [1.807, 2.05) is 11.0 Å². The summed E-state index contributed by atoms with van der Waals surface area (Å²) in [6.07, 6.45) is 5.89. The number of aromatic amines is 1. The Morgan fingerprint density at radius 3 is 3.04 bits per heavy atom. The van der Waals surface area contributed by atoms with Gasteiger partial charge in [-0.3, -0.25) is 4.79 Å². The highest BCUT2D eigenvalue weighted by Crippen LogP contribution is 2.34. The number of aromatic nitrogens is 1. The van der Waals surface area contributed by atoms with Crippen molar-refractivity contribution < 1.29 is 14.3 Å². The molecule has 0 saturated carbocycles. The van der Waals surface area contributed by atoms with Crippen molar-refractivity contribution in [3.8, 4) is 5.75 Å². The zero-order chi connectivity index (χ0) is 16.5. The number of H-pyrrole nitrogens is 1. The van der Waals surface area contributed by atoms with Crippen LogP contribution in [0.4, 0.5) is 0 Å². The highest BCUT2D eigenvalue weighted by molar-refractivity contribution is 5.85. The summed E-state index contributed by atoms with van der Waals surface area (Å²) in [6, 6.07) is 6.11. The lowest BCUT2D eigenvalue weighted by Crippen LogP contribution is -2.44. The van der Waals surface area contributed by atoms with E-state index in [1.54, 1.807) is 7.11 Å². The molecular weight excluding hydrogens is 304 g/mol. The van der Waals surface area contributed by atoms with Crippen molar-refractivity contribution in [1.29, 1.82) is 0 Å². The average molecular weight is 328 g/mol. The molecule has 0 spiro atoms. The predicted molar refractivity (Wildman–Crippen MR) is 92.4 cm³/mol. The van der Waals surface area contributed by atoms with E-state index in [0.29, 0.717) is 5.92 Å². The van der Waals surface area contributed by atoms with Crippen molar-refractivity contribution in [2.75, 3.05) is 26.8 Å². The molecular formula is C19H24N2O3. The molecule has 2 aromatic rings. The number of methoxy groups -OCH3 is 1. The number of rotatable bonds is 3. The van der Waals surface area contributed by atoms with Gasteiger partial charge in [-0.15, -0.1) is 0 Å². The number of fused-ring (bicyclic) bond motifs is 1. The number of ether oxygens (including phenoxy) is 2. The van der Waals surface area contributed by atoms with Gasteiger partial charge in [-0.1, -0.05) is 0 Å². The fourth-order valence-corrected chi connectivity index (χ4v) is 3.99. The second-order valence-corrected chi connectivity index (χ2v) is 6.78. The number of nitrogens with one attached hydrogen (secondary N) is 1. The topological polar surface area (TPSA) is 54.6 Å². The molecule has 2 aliphatic rings. The molecule has 5 nitrogen and oxygen atoms in total. The molecule has 2 unspecified atom stereocenters. The van der Waals surface area contributed by atoms with Crippen LogP contribution in [0.15, 0.2) is 24.4 Å². The smallest absolute Gasteiger partial charge is 0.251 e. The van der Waals surface area contributed by atoms with E-state index in [1.165, 1.54) is 10.9 Å². The Balaban J connectivity index is 1.56. The first-order valence-electron chi connectivity index (χ1n) is 8.81. The lowest BCUT2D eigenvalue weighted by molar-refractivity contribution is -0.142. The van der Waals surface area contributed by atoms with Gasteiger partial charge in [0.25, 0.3) is 5.91 Å². The van der Waals surface area contributed by atoms with Gasteiger partial charge >= 0.3 is 0 Å². The number of hydrogen-bond donors (Lipinski definition) is 1. The van der Waals surface area contributed by atoms with Crippen molar-refractivity contribution >= 4 is 16.8 Å². The number of hydrogen-bond acceptors (Lipinski definition) is 3. The lowest BCUT2D eigenvalue weighted by Gasteiger charge is -2.34. The van der Waals surface area contributed by atoms with Crippen LogP contribution in [-0.4, -0.2) is 48.7 Å². The number of carbonyl (C=O) groups excluding carboxylic acids is 1. The highest BCUT2D eigenvalue weighted by Gasteiger charge is 2.32. The molecule has 1 aromatic carbocycles. The highest BCUT2D eigenvalue weighted by atomic mass is 16.5. The van der Waals surface area contributed by atoms with Gasteiger partial charge in [-0.05, 0) is 49.4 Å². The number of amides is 1. The molecule has 2 saturated heterocycles. The van der Waals surface area contributed by atoms with Crippen molar-refractivity contribution in [2.24, 2.45) is 0 Å². The summed E-state index contributed by atoms with van der Waals surface area (Å²) in [6.45, 7) is 2.35. The molecule has 5 heteroatoms. The minimum absolute atomic E-state index is 0.176. The van der Waals surface area contributed by atoms with Crippen LogP contribution in [0.25, 0.3) is 10.9 Å². The quantitative estimate of drug-likeness (QED) is 0.942. The molecule has 2 fully saturated rings. The number of carbonyl (C=O) groups is 1. The second kappa shape index (κ2) is 6.48. The monoisotopic (exact) mass is 328 g/mol. The number of likely N-dealkylation sites (tertiary alicyclic amines) is 1. The van der Waals surface area contributed by atoms with Crippen LogP contribution >= 0.6 is 0 Å². The number of nitrogens with zero attached hydrogens (tertiary/aromatic N) is 1. The van der Waals surface area contributed by atoms with Crippen molar-refractivity contribution in [2.45, 2.75) is 37.7 Å². The van der Waals surface area contributed by atoms with E-state index in [0.717, 1.165) is 56.6 Å². The maximum absolute atomic E-state index is 12.7. The van der Waals surface area contributed by atoms with Gasteiger partial charge in [-0.25, -0.2) is 0 Å². The first-order chi connectivity index (χ1) is 11.8. The Bertz CT molecular complexity index is 733. The standard InChI is InChI=1S/C19H24N2O3/c1-23-14-6-7-17-15(10-14)16(11-20-17)13-4-2-8-21(12-13)19(22)18-5-3-9-24-18/h6-7,10-11,13,18,20H,2-5,8-9,12H2,1H3. The summed E-state index contributed by atoms with van der Waals surface area (Å²) >= 11 is 0. The summed E-state index contributed by atoms with van der Waals surface area (Å²) in [5.74, 6) is 1.41. The third kappa shape index (κ3) is 2.77. The number of piperidine rings is 1. The number of benzene rings is 1. The molecule has 24 heavy (non-hydrogen) atoms. The molecule has 2 aliphatic heterocycles. The van der Waals surface area contributed by atoms with E-state index >= 15 is 0 Å². The Labute approximate surface area is 141 Å². The molecule has 0 aliphatic carbocycles. The molecule has 4 rings (SSSR count). The van der Waals surface area contributed by atoms with E-state index in [-0.39, 0.29) is 12.0 Å². The maximum atomic E-state index is 12.7. The molecule has 128 valence electrons. The third-order valence-corrected chi connectivity index (χ3v) is 5.30. The van der Waals surface area contributed by atoms with Crippen molar-refractivity contribution in [1.82, 2.24) is 9.88 Å². The maximum Gasteiger partial charge on any atom is 0.251 e. The average Bonchev–Trinajstić information content (AvgIpc) is 3.30. The minimum atomic E-state index is -0.216. The molecule has 0 bridgehead atoms. The van der Waals surface area contributed by atoms with E-state index < -0.39 is 0 Å². The Kier molecular flexibility index (Phi) is 4.19. The fourth-order valence-electron chi connectivity index (χ4n) is 3.99. The Morgan fingerprint density at radius 1 is 1.33 bits per heavy atom. The normalized spacial score (nSPS) is 24.5. The summed E-state index contributed by atoms with van der Waals surface area (Å²) in [5.41, 5.74) is 2.40. The summed E-state index contributed by atoms with van der Waals surface area (Å²) < 4.78 is 10.9. The van der Waals surface area contributed by atoms with Crippen molar-refractivity contribution in [3.05, 3.63) is 30.0 Å². The van der Waals surface area contributed by atoms with E-state index in [9.17, 15) is 4.79 Å². The summed E-state index contributed by atoms with van der Waals surface area (Å²) in [7, 11) is 1.69. The second-order valence-electron chi connectivity index (χ2n) is 6.78. The largest absolute Gasteiger partial charge is 0.497 e. The van der Waals surface area contributed by atoms with Gasteiger partial charge < -0.3 is 19.4 Å². The zero-order valence-electron chi connectivity index (χ0n) is 14.1. The van der Waals surface area contributed by atoms with Crippen LogP contribution in [0.2, 0.25) is 0 Å². The van der Waals surface area contributed by atoms with Crippen LogP contribution in [0.1, 0.15) is 37.2 Å². The molecule has 3 heterocycles. The van der Waals surface area contributed by atoms with Gasteiger partial charge in [0.05, 0.1) is 7.11 Å². The SMILES string of the molecule is COc1ccc2[nH]cc(C3CCCN(C(=O)C4CCCO4)C3)c2c1. The van der Waals surface area contributed by atoms with Crippen LogP contribution in [0.5, 0.6) is 5.75 Å². The minimum Gasteiger partial charge on any atom is -0.497 e. The Hall–Kier alpha value is -2.01. The molecule has 1 amide bonds. The zero-order valence-corrected chi connectivity index (χ0v) is 14.1. The van der Waals surface area contributed by atoms with Gasteiger partial charge in [-0.2, -0.15) is 0 Å². The molecule has 2 atom stereocenters. The lowest BCUT2D eigenvalue weighted by atomic mass is 9.90. The van der Waals surface area contributed by atoms with E-state index in [4.69, 9.17) is 9.47 Å². The Morgan fingerprint density at radius 2 is 2.25 bits per heavy atom. The molecule has 1 N–H and O–H groups in total. The van der Waals surface area contributed by atoms with Gasteiger partial charge in [0.1, 0.15) is 11.9 Å². The fraction of sp³-hybridized carbons (Fsp3) is 0.526. The third-order valence-electron chi connectivity index (χ3n) is 5.30. The van der Waals surface area contributed by atoms with E-state index in [2.05, 4.69) is 23.3 Å². The molecule has 0 radical (unpaired) electrons. The van der Waals surface area contributed by atoms with Gasteiger partial charge in [0.15, 0.2) is 0 Å². The van der Waals surface area contributed by atoms with Crippen LogP contribution < -0.4 is 4.74 Å². The van der Waals surface area contributed by atoms with Crippen LogP contribution in [0, 0.1) is 0 Å². The summed E-state index contributed by atoms with van der Waals surface area (Å²) in [5, 5.41) is 1.20. The molecule has 1 aromatic heterocycles. The first kappa shape index (κ1) is 15.5. The van der Waals surface area contributed by atoms with Crippen LogP contribution in [-0.2, 0) is 9.53 Å². The van der Waals surface area contributed by atoms with Gasteiger partial charge in [0.2, 0.25) is 0 Å². The van der Waals surface area contributed by atoms with Crippen molar-refractivity contribution in [3.63, 3.8) is 0 Å². The summed E-state index contributed by atoms with van der Waals surface area (Å²) in [4.78, 5) is 18.0. The van der Waals surface area contributed by atoms with Gasteiger partial charge in [0, 0.05) is 42.7 Å². The predicted octanol–water partition coefficient (Wildman–Crippen LogP) is 3.06.